The lowest BCUT2D eigenvalue weighted by Crippen LogP contribution is -2.24. The van der Waals surface area contributed by atoms with Gasteiger partial charge in [0.15, 0.2) is 0 Å². The third kappa shape index (κ3) is 3.29. The van der Waals surface area contributed by atoms with Crippen molar-refractivity contribution in [3.05, 3.63) is 0 Å². The zero-order valence-electron chi connectivity index (χ0n) is 9.21. The van der Waals surface area contributed by atoms with Crippen LogP contribution in [0.15, 0.2) is 0 Å². The van der Waals surface area contributed by atoms with E-state index < -0.39 is 0 Å². The molecule has 0 aromatic carbocycles. The summed E-state index contributed by atoms with van der Waals surface area (Å²) in [6, 6.07) is 0. The molecule has 1 aliphatic heterocycles. The van der Waals surface area contributed by atoms with Gasteiger partial charge in [0.05, 0.1) is 12.5 Å². The summed E-state index contributed by atoms with van der Waals surface area (Å²) in [4.78, 5) is 11.6. The molecule has 3 nitrogen and oxygen atoms in total. The largest absolute Gasteiger partial charge is 0.465 e. The fourth-order valence-corrected chi connectivity index (χ4v) is 1.76. The fourth-order valence-electron chi connectivity index (χ4n) is 1.76. The van der Waals surface area contributed by atoms with Gasteiger partial charge in [0.25, 0.3) is 0 Å². The zero-order chi connectivity index (χ0) is 10.4. The highest BCUT2D eigenvalue weighted by molar-refractivity contribution is 5.73. The molecule has 1 saturated heterocycles. The van der Waals surface area contributed by atoms with Crippen molar-refractivity contribution >= 4 is 5.97 Å². The van der Waals surface area contributed by atoms with Crippen LogP contribution in [0.1, 0.15) is 33.1 Å². The van der Waals surface area contributed by atoms with Gasteiger partial charge in [-0.15, -0.1) is 0 Å². The number of carbonyl (C=O) groups is 1. The molecular formula is C11H21NO2. The molecule has 0 spiro atoms. The molecule has 14 heavy (non-hydrogen) atoms. The Hall–Kier alpha value is -0.570. The molecule has 2 atom stereocenters. The minimum absolute atomic E-state index is 0.0152. The predicted molar refractivity (Wildman–Crippen MR) is 56.0 cm³/mol. The summed E-state index contributed by atoms with van der Waals surface area (Å²) >= 11 is 0. The van der Waals surface area contributed by atoms with E-state index >= 15 is 0 Å². The van der Waals surface area contributed by atoms with Gasteiger partial charge in [0, 0.05) is 6.54 Å². The lowest BCUT2D eigenvalue weighted by molar-refractivity contribution is -0.149. The molecule has 1 heterocycles. The number of hydrogen-bond acceptors (Lipinski definition) is 3. The molecule has 0 amide bonds. The number of unbranched alkanes of at least 4 members (excludes halogenated alkanes) is 2. The first-order chi connectivity index (χ1) is 6.75. The SMILES string of the molecule is CCCCCOC(=O)C1CNCC1C. The number of hydrogen-bond donors (Lipinski definition) is 1. The Morgan fingerprint density at radius 1 is 1.43 bits per heavy atom. The van der Waals surface area contributed by atoms with E-state index in [0.717, 1.165) is 25.9 Å². The van der Waals surface area contributed by atoms with Gasteiger partial charge in [0.1, 0.15) is 0 Å². The van der Waals surface area contributed by atoms with Crippen molar-refractivity contribution in [3.63, 3.8) is 0 Å². The second-order valence-electron chi connectivity index (χ2n) is 4.12. The maximum absolute atomic E-state index is 11.6. The smallest absolute Gasteiger partial charge is 0.310 e. The standard InChI is InChI=1S/C11H21NO2/c1-3-4-5-6-14-11(13)10-8-12-7-9(10)2/h9-10,12H,3-8H2,1-2H3. The maximum atomic E-state index is 11.6. The van der Waals surface area contributed by atoms with Gasteiger partial charge in [-0.2, -0.15) is 0 Å². The van der Waals surface area contributed by atoms with E-state index in [1.165, 1.54) is 6.42 Å². The Morgan fingerprint density at radius 2 is 2.21 bits per heavy atom. The van der Waals surface area contributed by atoms with Crippen molar-refractivity contribution in [3.8, 4) is 0 Å². The van der Waals surface area contributed by atoms with Crippen molar-refractivity contribution in [2.24, 2.45) is 11.8 Å². The third-order valence-corrected chi connectivity index (χ3v) is 2.81. The fraction of sp³-hybridized carbons (Fsp3) is 0.909. The molecule has 1 fully saturated rings. The van der Waals surface area contributed by atoms with E-state index in [0.29, 0.717) is 12.5 Å². The molecule has 1 rings (SSSR count). The topological polar surface area (TPSA) is 38.3 Å². The van der Waals surface area contributed by atoms with E-state index in [1.807, 2.05) is 0 Å². The lowest BCUT2D eigenvalue weighted by Gasteiger charge is -2.12. The molecule has 0 bridgehead atoms. The molecule has 0 aromatic rings. The summed E-state index contributed by atoms with van der Waals surface area (Å²) < 4.78 is 5.22. The van der Waals surface area contributed by atoms with Gasteiger partial charge in [0.2, 0.25) is 0 Å². The predicted octanol–water partition coefficient (Wildman–Crippen LogP) is 1.58. The zero-order valence-corrected chi connectivity index (χ0v) is 9.21. The summed E-state index contributed by atoms with van der Waals surface area (Å²) in [5.74, 6) is 0.490. The van der Waals surface area contributed by atoms with Crippen molar-refractivity contribution in [1.29, 1.82) is 0 Å². The van der Waals surface area contributed by atoms with Crippen molar-refractivity contribution in [1.82, 2.24) is 5.32 Å². The summed E-state index contributed by atoms with van der Waals surface area (Å²) in [5, 5.41) is 3.20. The van der Waals surface area contributed by atoms with Crippen LogP contribution in [0, 0.1) is 11.8 Å². The summed E-state index contributed by atoms with van der Waals surface area (Å²) in [7, 11) is 0. The second kappa shape index (κ2) is 6.02. The third-order valence-electron chi connectivity index (χ3n) is 2.81. The van der Waals surface area contributed by atoms with E-state index in [1.54, 1.807) is 0 Å². The van der Waals surface area contributed by atoms with Crippen LogP contribution in [0.2, 0.25) is 0 Å². The van der Waals surface area contributed by atoms with E-state index in [2.05, 4.69) is 19.2 Å². The molecule has 1 N–H and O–H groups in total. The quantitative estimate of drug-likeness (QED) is 0.539. The van der Waals surface area contributed by atoms with Crippen molar-refractivity contribution < 1.29 is 9.53 Å². The summed E-state index contributed by atoms with van der Waals surface area (Å²) in [5.41, 5.74) is 0. The lowest BCUT2D eigenvalue weighted by atomic mass is 9.99. The Bertz CT molecular complexity index is 182. The second-order valence-corrected chi connectivity index (χ2v) is 4.12. The van der Waals surface area contributed by atoms with E-state index in [-0.39, 0.29) is 11.9 Å². The molecule has 0 radical (unpaired) electrons. The first kappa shape index (κ1) is 11.5. The Kier molecular flexibility index (Phi) is 4.94. The average Bonchev–Trinajstić information content (AvgIpc) is 2.59. The molecular weight excluding hydrogens is 178 g/mol. The average molecular weight is 199 g/mol. The van der Waals surface area contributed by atoms with Gasteiger partial charge in [-0.25, -0.2) is 0 Å². The van der Waals surface area contributed by atoms with Crippen LogP contribution in [0.25, 0.3) is 0 Å². The van der Waals surface area contributed by atoms with E-state index in [9.17, 15) is 4.79 Å². The van der Waals surface area contributed by atoms with Crippen LogP contribution >= 0.6 is 0 Å². The summed E-state index contributed by atoms with van der Waals surface area (Å²) in [6.07, 6.45) is 3.31. The van der Waals surface area contributed by atoms with Crippen LogP contribution < -0.4 is 5.32 Å². The van der Waals surface area contributed by atoms with Crippen LogP contribution in [-0.2, 0) is 9.53 Å². The van der Waals surface area contributed by atoms with Crippen LogP contribution in [0.3, 0.4) is 0 Å². The Morgan fingerprint density at radius 3 is 2.79 bits per heavy atom. The number of rotatable bonds is 5. The number of carbonyl (C=O) groups excluding carboxylic acids is 1. The number of nitrogens with one attached hydrogen (secondary N) is 1. The first-order valence-corrected chi connectivity index (χ1v) is 5.63. The molecule has 2 unspecified atom stereocenters. The van der Waals surface area contributed by atoms with Gasteiger partial charge in [-0.1, -0.05) is 26.7 Å². The van der Waals surface area contributed by atoms with E-state index in [4.69, 9.17) is 4.74 Å². The van der Waals surface area contributed by atoms with Crippen molar-refractivity contribution in [2.75, 3.05) is 19.7 Å². The molecule has 82 valence electrons. The monoisotopic (exact) mass is 199 g/mol. The van der Waals surface area contributed by atoms with Gasteiger partial charge < -0.3 is 10.1 Å². The Balaban J connectivity index is 2.14. The molecule has 0 saturated carbocycles. The van der Waals surface area contributed by atoms with Gasteiger partial charge in [-0.3, -0.25) is 4.79 Å². The van der Waals surface area contributed by atoms with Gasteiger partial charge in [-0.05, 0) is 18.9 Å². The van der Waals surface area contributed by atoms with Gasteiger partial charge >= 0.3 is 5.97 Å². The molecule has 0 aromatic heterocycles. The molecule has 3 heteroatoms. The number of esters is 1. The minimum Gasteiger partial charge on any atom is -0.465 e. The minimum atomic E-state index is -0.0152. The summed E-state index contributed by atoms with van der Waals surface area (Å²) in [6.45, 7) is 6.56. The maximum Gasteiger partial charge on any atom is 0.310 e. The normalized spacial score (nSPS) is 26.4. The highest BCUT2D eigenvalue weighted by Gasteiger charge is 2.30. The first-order valence-electron chi connectivity index (χ1n) is 5.63. The molecule has 1 aliphatic rings. The van der Waals surface area contributed by atoms with Crippen LogP contribution in [-0.4, -0.2) is 25.7 Å². The highest BCUT2D eigenvalue weighted by atomic mass is 16.5. The van der Waals surface area contributed by atoms with Crippen molar-refractivity contribution in [2.45, 2.75) is 33.1 Å². The Labute approximate surface area is 86.2 Å². The van der Waals surface area contributed by atoms with Crippen LogP contribution in [0.4, 0.5) is 0 Å². The molecule has 0 aliphatic carbocycles. The number of ether oxygens (including phenoxy) is 1. The van der Waals surface area contributed by atoms with Crippen LogP contribution in [0.5, 0.6) is 0 Å². The highest BCUT2D eigenvalue weighted by Crippen LogP contribution is 2.17.